The van der Waals surface area contributed by atoms with Crippen LogP contribution in [0.5, 0.6) is 0 Å². The number of nitrogens with zero attached hydrogens (tertiary/aromatic N) is 2. The minimum absolute atomic E-state index is 0.209. The van der Waals surface area contributed by atoms with Crippen LogP contribution in [0, 0.1) is 11.8 Å². The van der Waals surface area contributed by atoms with Crippen molar-refractivity contribution in [3.05, 3.63) is 16.8 Å². The van der Waals surface area contributed by atoms with Crippen LogP contribution in [-0.4, -0.2) is 49.7 Å². The van der Waals surface area contributed by atoms with Crippen molar-refractivity contribution in [2.45, 2.75) is 12.5 Å². The number of rotatable bonds is 2. The molecule has 1 unspecified atom stereocenters. The van der Waals surface area contributed by atoms with Crippen LogP contribution in [0.15, 0.2) is 16.8 Å². The van der Waals surface area contributed by atoms with Crippen LogP contribution in [0.4, 0.5) is 5.69 Å². The van der Waals surface area contributed by atoms with E-state index in [0.717, 1.165) is 45.0 Å². The first-order valence-corrected chi connectivity index (χ1v) is 7.92. The number of carbonyl (C=O) groups excluding carboxylic acids is 1. The molecule has 0 aliphatic carbocycles. The Hall–Kier alpha value is -0.910. The molecular weight excluding hydrogens is 260 g/mol. The molecular formula is C14H18N2O2S. The van der Waals surface area contributed by atoms with Crippen molar-refractivity contribution >= 4 is 22.9 Å². The zero-order valence-corrected chi connectivity index (χ0v) is 11.6. The number of fused-ring (bicyclic) bond motifs is 1. The van der Waals surface area contributed by atoms with Gasteiger partial charge in [0.05, 0.1) is 18.2 Å². The quantitative estimate of drug-likeness (QED) is 0.820. The van der Waals surface area contributed by atoms with Gasteiger partial charge in [-0.2, -0.15) is 11.3 Å². The van der Waals surface area contributed by atoms with E-state index in [0.29, 0.717) is 17.9 Å². The summed E-state index contributed by atoms with van der Waals surface area (Å²) in [5, 5.41) is 4.11. The van der Waals surface area contributed by atoms with E-state index in [1.54, 1.807) is 11.3 Å². The molecule has 0 spiro atoms. The largest absolute Gasteiger partial charge is 0.380 e. The van der Waals surface area contributed by atoms with Gasteiger partial charge >= 0.3 is 0 Å². The lowest BCUT2D eigenvalue weighted by Crippen LogP contribution is -2.38. The summed E-state index contributed by atoms with van der Waals surface area (Å²) >= 11 is 1.66. The highest BCUT2D eigenvalue weighted by atomic mass is 32.1. The standard InChI is InChI=1S/C14H18N2O2S/c17-14-13-7-15(11-1-3-18-8-11)5-10(13)6-16(14)12-2-4-19-9-12/h2,4,9-11,13H,1,3,5-8H2/t10-,11?,13-/m0/s1. The lowest BCUT2D eigenvalue weighted by molar-refractivity contribution is -0.120. The lowest BCUT2D eigenvalue weighted by Gasteiger charge is -2.25. The molecule has 0 saturated carbocycles. The molecule has 4 nitrogen and oxygen atoms in total. The summed E-state index contributed by atoms with van der Waals surface area (Å²) in [6.07, 6.45) is 1.13. The summed E-state index contributed by atoms with van der Waals surface area (Å²) in [6, 6.07) is 2.60. The highest BCUT2D eigenvalue weighted by Crippen LogP contribution is 2.37. The van der Waals surface area contributed by atoms with Gasteiger partial charge in [0.1, 0.15) is 0 Å². The monoisotopic (exact) mass is 278 g/mol. The molecule has 3 saturated heterocycles. The van der Waals surface area contributed by atoms with Crippen molar-refractivity contribution in [1.82, 2.24) is 4.90 Å². The second kappa shape index (κ2) is 4.58. The highest BCUT2D eigenvalue weighted by molar-refractivity contribution is 7.08. The number of amides is 1. The van der Waals surface area contributed by atoms with Crippen LogP contribution >= 0.6 is 11.3 Å². The Kier molecular flexibility index (Phi) is 2.86. The summed E-state index contributed by atoms with van der Waals surface area (Å²) in [5.41, 5.74) is 1.08. The maximum atomic E-state index is 12.5. The molecule has 0 N–H and O–H groups in total. The molecule has 5 heteroatoms. The Balaban J connectivity index is 1.47. The van der Waals surface area contributed by atoms with Crippen molar-refractivity contribution in [3.8, 4) is 0 Å². The van der Waals surface area contributed by atoms with Gasteiger partial charge in [-0.05, 0) is 17.9 Å². The second-order valence-electron chi connectivity index (χ2n) is 5.77. The van der Waals surface area contributed by atoms with E-state index >= 15 is 0 Å². The zero-order chi connectivity index (χ0) is 12.8. The summed E-state index contributed by atoms with van der Waals surface area (Å²) < 4.78 is 5.46. The van der Waals surface area contributed by atoms with Gasteiger partial charge in [0.15, 0.2) is 0 Å². The fourth-order valence-corrected chi connectivity index (χ4v) is 4.29. The zero-order valence-electron chi connectivity index (χ0n) is 10.8. The SMILES string of the molecule is O=C1[C@H]2CN(C3CCOC3)C[C@H]2CN1c1ccsc1. The Morgan fingerprint density at radius 2 is 2.26 bits per heavy atom. The average molecular weight is 278 g/mol. The summed E-state index contributed by atoms with van der Waals surface area (Å²) in [5.74, 6) is 1.04. The topological polar surface area (TPSA) is 32.8 Å². The smallest absolute Gasteiger partial charge is 0.231 e. The van der Waals surface area contributed by atoms with Gasteiger partial charge < -0.3 is 9.64 Å². The normalized spacial score (nSPS) is 35.3. The van der Waals surface area contributed by atoms with Crippen molar-refractivity contribution in [2.75, 3.05) is 37.7 Å². The number of ether oxygens (including phenoxy) is 1. The Labute approximate surface area is 116 Å². The van der Waals surface area contributed by atoms with Crippen LogP contribution in [0.3, 0.4) is 0 Å². The molecule has 3 fully saturated rings. The molecule has 0 aromatic carbocycles. The minimum atomic E-state index is 0.209. The van der Waals surface area contributed by atoms with Crippen molar-refractivity contribution < 1.29 is 9.53 Å². The first kappa shape index (κ1) is 11.9. The van der Waals surface area contributed by atoms with Gasteiger partial charge in [0, 0.05) is 43.6 Å². The van der Waals surface area contributed by atoms with Crippen LogP contribution in [0.2, 0.25) is 0 Å². The maximum absolute atomic E-state index is 12.5. The molecule has 19 heavy (non-hydrogen) atoms. The van der Waals surface area contributed by atoms with Crippen LogP contribution < -0.4 is 4.90 Å². The Morgan fingerprint density at radius 1 is 1.32 bits per heavy atom. The van der Waals surface area contributed by atoms with Crippen LogP contribution in [0.1, 0.15) is 6.42 Å². The van der Waals surface area contributed by atoms with Crippen molar-refractivity contribution in [3.63, 3.8) is 0 Å². The Morgan fingerprint density at radius 3 is 2.95 bits per heavy atom. The fourth-order valence-electron chi connectivity index (χ4n) is 3.65. The molecule has 4 rings (SSSR count). The number of likely N-dealkylation sites (tertiary alicyclic amines) is 1. The fraction of sp³-hybridized carbons (Fsp3) is 0.643. The Bertz CT molecular complexity index is 470. The van der Waals surface area contributed by atoms with Gasteiger partial charge in [-0.1, -0.05) is 0 Å². The van der Waals surface area contributed by atoms with Crippen LogP contribution in [0.25, 0.3) is 0 Å². The first-order chi connectivity index (χ1) is 9.33. The van der Waals surface area contributed by atoms with E-state index in [-0.39, 0.29) is 5.92 Å². The maximum Gasteiger partial charge on any atom is 0.231 e. The molecule has 0 bridgehead atoms. The number of hydrogen-bond acceptors (Lipinski definition) is 4. The van der Waals surface area contributed by atoms with E-state index < -0.39 is 0 Å². The number of thiophene rings is 1. The van der Waals surface area contributed by atoms with Crippen molar-refractivity contribution in [1.29, 1.82) is 0 Å². The summed E-state index contributed by atoms with van der Waals surface area (Å²) in [4.78, 5) is 17.0. The molecule has 0 radical (unpaired) electrons. The molecule has 102 valence electrons. The van der Waals surface area contributed by atoms with Gasteiger partial charge in [-0.25, -0.2) is 0 Å². The third kappa shape index (κ3) is 1.91. The van der Waals surface area contributed by atoms with E-state index in [9.17, 15) is 4.79 Å². The van der Waals surface area contributed by atoms with Crippen molar-refractivity contribution in [2.24, 2.45) is 11.8 Å². The second-order valence-corrected chi connectivity index (χ2v) is 6.55. The van der Waals surface area contributed by atoms with Gasteiger partial charge in [-0.3, -0.25) is 9.69 Å². The predicted molar refractivity (Wildman–Crippen MR) is 74.4 cm³/mol. The predicted octanol–water partition coefficient (Wildman–Crippen LogP) is 1.43. The van der Waals surface area contributed by atoms with Crippen LogP contribution in [-0.2, 0) is 9.53 Å². The molecule has 3 aliphatic rings. The van der Waals surface area contributed by atoms with E-state index in [1.807, 2.05) is 16.3 Å². The molecule has 3 aliphatic heterocycles. The molecule has 1 aromatic heterocycles. The van der Waals surface area contributed by atoms with Gasteiger partial charge in [0.2, 0.25) is 5.91 Å². The summed E-state index contributed by atoms with van der Waals surface area (Å²) in [6.45, 7) is 4.61. The minimum Gasteiger partial charge on any atom is -0.380 e. The number of carbonyl (C=O) groups is 1. The summed E-state index contributed by atoms with van der Waals surface area (Å²) in [7, 11) is 0. The lowest BCUT2D eigenvalue weighted by atomic mass is 10.0. The van der Waals surface area contributed by atoms with E-state index in [1.165, 1.54) is 0 Å². The third-order valence-corrected chi connectivity index (χ3v) is 5.38. The first-order valence-electron chi connectivity index (χ1n) is 6.98. The molecule has 4 heterocycles. The van der Waals surface area contributed by atoms with E-state index in [2.05, 4.69) is 10.3 Å². The molecule has 1 amide bonds. The third-order valence-electron chi connectivity index (χ3n) is 4.71. The highest BCUT2D eigenvalue weighted by Gasteiger charge is 2.48. The van der Waals surface area contributed by atoms with E-state index in [4.69, 9.17) is 4.74 Å². The van der Waals surface area contributed by atoms with Gasteiger partial charge in [0.25, 0.3) is 0 Å². The number of anilines is 1. The molecule has 3 atom stereocenters. The average Bonchev–Trinajstić information content (AvgIpc) is 3.15. The number of hydrogen-bond donors (Lipinski definition) is 0. The van der Waals surface area contributed by atoms with Gasteiger partial charge in [-0.15, -0.1) is 0 Å². The molecule has 1 aromatic rings.